The number of Topliss-reactive ketones (excluding diaryl/α,β-unsaturated/α-hetero) is 1. The van der Waals surface area contributed by atoms with E-state index in [2.05, 4.69) is 41.5 Å². The monoisotopic (exact) mass is 398 g/mol. The number of hydrogen-bond acceptors (Lipinski definition) is 6. The SMILES string of the molecule is [B][C@@H]1O[C@H](CO)[C@H](OC(=O)CCC(C)=O)C1O[Si](C(C)C)(C(C)C)C(C)C. The van der Waals surface area contributed by atoms with Crippen molar-refractivity contribution in [2.24, 2.45) is 0 Å². The number of ketones is 1. The second kappa shape index (κ2) is 10.2. The van der Waals surface area contributed by atoms with Crippen molar-refractivity contribution in [3.8, 4) is 0 Å². The van der Waals surface area contributed by atoms with Gasteiger partial charge in [0.05, 0.1) is 13.0 Å². The summed E-state index contributed by atoms with van der Waals surface area (Å²) < 4.78 is 17.9. The highest BCUT2D eigenvalue weighted by Crippen LogP contribution is 2.45. The van der Waals surface area contributed by atoms with E-state index >= 15 is 0 Å². The smallest absolute Gasteiger partial charge is 0.306 e. The van der Waals surface area contributed by atoms with E-state index in [0.717, 1.165) is 0 Å². The van der Waals surface area contributed by atoms with Crippen LogP contribution in [0.25, 0.3) is 0 Å². The second-order valence-corrected chi connectivity index (χ2v) is 13.8. The maximum absolute atomic E-state index is 12.2. The third-order valence-corrected chi connectivity index (χ3v) is 11.6. The molecule has 4 atom stereocenters. The van der Waals surface area contributed by atoms with Gasteiger partial charge in [0.2, 0.25) is 8.32 Å². The van der Waals surface area contributed by atoms with E-state index in [-0.39, 0.29) is 25.2 Å². The highest BCUT2D eigenvalue weighted by Gasteiger charge is 2.53. The first-order valence-corrected chi connectivity index (χ1v) is 12.0. The van der Waals surface area contributed by atoms with Crippen LogP contribution in [0.15, 0.2) is 0 Å². The summed E-state index contributed by atoms with van der Waals surface area (Å²) in [5.41, 5.74) is 0.978. The minimum atomic E-state index is -2.29. The summed E-state index contributed by atoms with van der Waals surface area (Å²) in [7, 11) is 3.87. The molecule has 0 aromatic rings. The normalized spacial score (nSPS) is 26.2. The van der Waals surface area contributed by atoms with Gasteiger partial charge < -0.3 is 23.8 Å². The molecule has 1 aliphatic heterocycles. The summed E-state index contributed by atoms with van der Waals surface area (Å²) in [6.45, 7) is 14.1. The first kappa shape index (κ1) is 24.3. The Morgan fingerprint density at radius 2 is 1.56 bits per heavy atom. The molecule has 0 aromatic carbocycles. The van der Waals surface area contributed by atoms with Gasteiger partial charge in [-0.2, -0.15) is 0 Å². The molecule has 1 unspecified atom stereocenters. The molecule has 27 heavy (non-hydrogen) atoms. The van der Waals surface area contributed by atoms with Crippen LogP contribution >= 0.6 is 0 Å². The van der Waals surface area contributed by atoms with Gasteiger partial charge >= 0.3 is 5.97 Å². The molecule has 0 saturated carbocycles. The van der Waals surface area contributed by atoms with Crippen LogP contribution in [0, 0.1) is 0 Å². The molecule has 0 aromatic heterocycles. The molecular formula is C19H35BO6Si. The molecule has 1 aliphatic rings. The summed E-state index contributed by atoms with van der Waals surface area (Å²) in [5.74, 6) is -0.588. The van der Waals surface area contributed by atoms with Crippen LogP contribution in [0.3, 0.4) is 0 Å². The molecule has 2 radical (unpaired) electrons. The molecule has 1 heterocycles. The summed E-state index contributed by atoms with van der Waals surface area (Å²) in [4.78, 5) is 23.3. The van der Waals surface area contributed by atoms with E-state index in [1.165, 1.54) is 6.92 Å². The zero-order valence-electron chi connectivity index (χ0n) is 17.7. The fourth-order valence-corrected chi connectivity index (χ4v) is 9.87. The Kier molecular flexibility index (Phi) is 9.18. The van der Waals surface area contributed by atoms with Crippen LogP contribution in [0.5, 0.6) is 0 Å². The highest BCUT2D eigenvalue weighted by molar-refractivity contribution is 6.77. The second-order valence-electron chi connectivity index (χ2n) is 8.38. The minimum absolute atomic E-state index is 0.00689. The van der Waals surface area contributed by atoms with Crippen molar-refractivity contribution in [2.75, 3.05) is 6.61 Å². The zero-order chi connectivity index (χ0) is 20.9. The van der Waals surface area contributed by atoms with Gasteiger partial charge in [0.15, 0.2) is 6.10 Å². The Labute approximate surface area is 165 Å². The van der Waals surface area contributed by atoms with Gasteiger partial charge in [-0.3, -0.25) is 4.79 Å². The number of carbonyl (C=O) groups excluding carboxylic acids is 2. The van der Waals surface area contributed by atoms with Crippen molar-refractivity contribution in [1.29, 1.82) is 0 Å². The van der Waals surface area contributed by atoms with Crippen molar-refractivity contribution in [1.82, 2.24) is 0 Å². The third-order valence-electron chi connectivity index (χ3n) is 5.52. The largest absolute Gasteiger partial charge is 0.457 e. The number of rotatable bonds is 10. The lowest BCUT2D eigenvalue weighted by molar-refractivity contribution is -0.156. The Balaban J connectivity index is 3.08. The van der Waals surface area contributed by atoms with E-state index < -0.39 is 38.6 Å². The Hall–Kier alpha value is -0.698. The zero-order valence-corrected chi connectivity index (χ0v) is 18.7. The molecule has 6 nitrogen and oxygen atoms in total. The number of aliphatic hydroxyl groups is 1. The predicted molar refractivity (Wildman–Crippen MR) is 107 cm³/mol. The maximum atomic E-state index is 12.2. The van der Waals surface area contributed by atoms with Gasteiger partial charge in [0.1, 0.15) is 25.8 Å². The maximum Gasteiger partial charge on any atom is 0.306 e. The van der Waals surface area contributed by atoms with Gasteiger partial charge in [0, 0.05) is 12.4 Å². The van der Waals surface area contributed by atoms with Crippen molar-refractivity contribution >= 4 is 27.9 Å². The first-order chi connectivity index (χ1) is 12.5. The third kappa shape index (κ3) is 5.65. The number of carbonyl (C=O) groups is 2. The standard InChI is InChI=1S/C19H35BO6Si/c1-11(2)27(12(3)4,13(5)6)26-18-17(15(10-21)24-19(18)20)25-16(23)9-8-14(7)22/h11-13,15,17-19,21H,8-10H2,1-7H3/t15-,17+,18?,19-/m1/s1. The van der Waals surface area contributed by atoms with Crippen molar-refractivity contribution in [3.63, 3.8) is 0 Å². The fourth-order valence-electron chi connectivity index (χ4n) is 4.31. The fraction of sp³-hybridized carbons (Fsp3) is 0.895. The van der Waals surface area contributed by atoms with E-state index in [4.69, 9.17) is 21.7 Å². The Morgan fingerprint density at radius 1 is 1.04 bits per heavy atom. The molecular weight excluding hydrogens is 363 g/mol. The van der Waals surface area contributed by atoms with Crippen LogP contribution < -0.4 is 0 Å². The average Bonchev–Trinajstić information content (AvgIpc) is 2.84. The molecule has 1 rings (SSSR count). The lowest BCUT2D eigenvalue weighted by Crippen LogP contribution is -2.54. The number of aliphatic hydroxyl groups excluding tert-OH is 1. The van der Waals surface area contributed by atoms with Gasteiger partial charge in [0.25, 0.3) is 0 Å². The average molecular weight is 398 g/mol. The molecule has 1 N–H and O–H groups in total. The quantitative estimate of drug-likeness (QED) is 0.450. The molecule has 8 heteroatoms. The molecule has 0 aliphatic carbocycles. The summed E-state index contributed by atoms with van der Waals surface area (Å²) in [6.07, 6.45) is -2.04. The lowest BCUT2D eigenvalue weighted by atomic mass is 9.93. The van der Waals surface area contributed by atoms with Crippen molar-refractivity contribution < 1.29 is 28.6 Å². The van der Waals surface area contributed by atoms with E-state index in [9.17, 15) is 14.7 Å². The molecule has 0 bridgehead atoms. The number of esters is 1. The van der Waals surface area contributed by atoms with Gasteiger partial charge in [-0.1, -0.05) is 41.5 Å². The minimum Gasteiger partial charge on any atom is -0.457 e. The van der Waals surface area contributed by atoms with Gasteiger partial charge in [-0.25, -0.2) is 0 Å². The van der Waals surface area contributed by atoms with Crippen LogP contribution in [0.2, 0.25) is 16.6 Å². The number of hydrogen-bond donors (Lipinski definition) is 1. The Bertz CT molecular complexity index is 489. The first-order valence-electron chi connectivity index (χ1n) is 9.85. The van der Waals surface area contributed by atoms with E-state index in [1.54, 1.807) is 0 Å². The highest BCUT2D eigenvalue weighted by atomic mass is 28.4. The van der Waals surface area contributed by atoms with Crippen LogP contribution in [0.1, 0.15) is 61.3 Å². The van der Waals surface area contributed by atoms with Crippen LogP contribution in [-0.4, -0.2) is 63.9 Å². The van der Waals surface area contributed by atoms with Crippen LogP contribution in [0.4, 0.5) is 0 Å². The topological polar surface area (TPSA) is 82.1 Å². The van der Waals surface area contributed by atoms with Gasteiger partial charge in [-0.05, 0) is 23.5 Å². The summed E-state index contributed by atoms with van der Waals surface area (Å²) in [6, 6.07) is -0.782. The molecule has 1 saturated heterocycles. The van der Waals surface area contributed by atoms with Crippen molar-refractivity contribution in [3.05, 3.63) is 0 Å². The van der Waals surface area contributed by atoms with E-state index in [0.29, 0.717) is 16.6 Å². The molecule has 0 spiro atoms. The summed E-state index contributed by atoms with van der Waals surface area (Å²) in [5, 5.41) is 9.66. The van der Waals surface area contributed by atoms with Crippen LogP contribution in [-0.2, 0) is 23.5 Å². The summed E-state index contributed by atoms with van der Waals surface area (Å²) >= 11 is 0. The molecule has 154 valence electrons. The molecule has 0 amide bonds. The lowest BCUT2D eigenvalue weighted by Gasteiger charge is -2.45. The number of ether oxygens (including phenoxy) is 2. The van der Waals surface area contributed by atoms with Crippen molar-refractivity contribution in [2.45, 2.75) is 102 Å². The van der Waals surface area contributed by atoms with E-state index in [1.807, 2.05) is 0 Å². The Morgan fingerprint density at radius 3 is 1.96 bits per heavy atom. The molecule has 1 fully saturated rings. The predicted octanol–water partition coefficient (Wildman–Crippen LogP) is 2.71. The van der Waals surface area contributed by atoms with Gasteiger partial charge in [-0.15, -0.1) is 0 Å².